The molecule has 5 N–H and O–H groups in total. The van der Waals surface area contributed by atoms with Crippen LogP contribution in [0.25, 0.3) is 0 Å². The highest BCUT2D eigenvalue weighted by Gasteiger charge is 2.16. The van der Waals surface area contributed by atoms with Gasteiger partial charge in [0.05, 0.1) is 0 Å². The van der Waals surface area contributed by atoms with Crippen LogP contribution in [0.5, 0.6) is 0 Å². The second-order valence-electron chi connectivity index (χ2n) is 12.0. The van der Waals surface area contributed by atoms with Gasteiger partial charge < -0.3 is 25.7 Å². The quantitative estimate of drug-likeness (QED) is 0.0438. The molecule has 0 fully saturated rings. The van der Waals surface area contributed by atoms with Crippen molar-refractivity contribution in [2.45, 2.75) is 199 Å². The van der Waals surface area contributed by atoms with Gasteiger partial charge in [0.1, 0.15) is 0 Å². The summed E-state index contributed by atoms with van der Waals surface area (Å²) in [5.41, 5.74) is 0. The lowest BCUT2D eigenvalue weighted by Crippen LogP contribution is -2.35. The molecule has 0 saturated heterocycles. The molecular formula is C33H67NO5. The molecule has 1 amide bonds. The van der Waals surface area contributed by atoms with Gasteiger partial charge in [0.2, 0.25) is 5.91 Å². The van der Waals surface area contributed by atoms with Crippen LogP contribution in [0.3, 0.4) is 0 Å². The standard InChI is InChI=1S/C33H67NO5/c1-2-3-4-5-6-7-8-11-14-17-20-23-26-31(28-30-35)34-32(36)27-24-21-18-15-12-9-10-13-16-19-22-25-29-33(37,38)39/h31,35,37-39H,2-30H2,1H3,(H,34,36). The molecule has 0 aliphatic carbocycles. The van der Waals surface area contributed by atoms with Crippen LogP contribution >= 0.6 is 0 Å². The van der Waals surface area contributed by atoms with E-state index < -0.39 is 5.97 Å². The maximum absolute atomic E-state index is 12.4. The zero-order valence-corrected chi connectivity index (χ0v) is 25.8. The number of carbonyl (C=O) groups is 1. The first-order valence-corrected chi connectivity index (χ1v) is 17.0. The van der Waals surface area contributed by atoms with Gasteiger partial charge in [0.25, 0.3) is 5.97 Å². The summed E-state index contributed by atoms with van der Waals surface area (Å²) in [5, 5.41) is 39.1. The third-order valence-corrected chi connectivity index (χ3v) is 7.91. The van der Waals surface area contributed by atoms with E-state index in [4.69, 9.17) is 15.3 Å². The molecule has 1 unspecified atom stereocenters. The second-order valence-corrected chi connectivity index (χ2v) is 12.0. The van der Waals surface area contributed by atoms with Crippen LogP contribution in [-0.4, -0.2) is 45.0 Å². The van der Waals surface area contributed by atoms with E-state index in [-0.39, 0.29) is 25.0 Å². The molecule has 0 radical (unpaired) electrons. The highest BCUT2D eigenvalue weighted by atomic mass is 16.7. The molecular weight excluding hydrogens is 490 g/mol. The topological polar surface area (TPSA) is 110 Å². The molecule has 1 atom stereocenters. The van der Waals surface area contributed by atoms with Crippen LogP contribution in [0.15, 0.2) is 0 Å². The first kappa shape index (κ1) is 38.3. The van der Waals surface area contributed by atoms with Gasteiger partial charge in [0, 0.05) is 25.5 Å². The number of hydrogen-bond donors (Lipinski definition) is 5. The van der Waals surface area contributed by atoms with E-state index in [9.17, 15) is 9.90 Å². The number of aliphatic hydroxyl groups is 4. The normalized spacial score (nSPS) is 12.6. The SMILES string of the molecule is CCCCCCCCCCCCCCC(CCO)NC(=O)CCCCCCCCCCCCCCC(O)(O)O. The number of carbonyl (C=O) groups excluding carboxylic acids is 1. The zero-order chi connectivity index (χ0) is 28.9. The Balaban J connectivity index is 3.53. The number of nitrogens with one attached hydrogen (secondary N) is 1. The fraction of sp³-hybridized carbons (Fsp3) is 0.970. The maximum Gasteiger partial charge on any atom is 0.275 e. The lowest BCUT2D eigenvalue weighted by Gasteiger charge is -2.18. The molecule has 0 bridgehead atoms. The number of unbranched alkanes of at least 4 members (excludes halogenated alkanes) is 22. The van der Waals surface area contributed by atoms with Gasteiger partial charge in [-0.3, -0.25) is 4.79 Å². The van der Waals surface area contributed by atoms with Crippen LogP contribution in [0, 0.1) is 0 Å². The first-order chi connectivity index (χ1) is 18.9. The first-order valence-electron chi connectivity index (χ1n) is 17.0. The highest BCUT2D eigenvalue weighted by molar-refractivity contribution is 5.76. The van der Waals surface area contributed by atoms with E-state index in [1.165, 1.54) is 116 Å². The van der Waals surface area contributed by atoms with Crippen LogP contribution < -0.4 is 5.32 Å². The van der Waals surface area contributed by atoms with Crippen molar-refractivity contribution in [2.75, 3.05) is 6.61 Å². The lowest BCUT2D eigenvalue weighted by molar-refractivity contribution is -0.315. The lowest BCUT2D eigenvalue weighted by atomic mass is 10.0. The van der Waals surface area contributed by atoms with Crippen molar-refractivity contribution in [1.82, 2.24) is 5.32 Å². The molecule has 0 aromatic carbocycles. The Bertz CT molecular complexity index is 509. The smallest absolute Gasteiger partial charge is 0.275 e. The molecule has 0 heterocycles. The number of rotatable bonds is 31. The van der Waals surface area contributed by atoms with E-state index in [0.29, 0.717) is 19.3 Å². The van der Waals surface area contributed by atoms with Crippen molar-refractivity contribution < 1.29 is 25.2 Å². The van der Waals surface area contributed by atoms with Crippen molar-refractivity contribution in [3.63, 3.8) is 0 Å². The summed E-state index contributed by atoms with van der Waals surface area (Å²) in [4.78, 5) is 12.4. The van der Waals surface area contributed by atoms with Crippen LogP contribution in [-0.2, 0) is 4.79 Å². The monoisotopic (exact) mass is 558 g/mol. The summed E-state index contributed by atoms with van der Waals surface area (Å²) in [6.45, 7) is 2.41. The molecule has 6 heteroatoms. The minimum Gasteiger partial charge on any atom is -0.396 e. The minimum atomic E-state index is -2.50. The number of amides is 1. The molecule has 0 aromatic heterocycles. The Morgan fingerprint density at radius 3 is 1.36 bits per heavy atom. The molecule has 0 aromatic rings. The summed E-state index contributed by atoms with van der Waals surface area (Å²) in [6, 6.07) is 0.123. The number of aliphatic hydroxyl groups excluding tert-OH is 1. The van der Waals surface area contributed by atoms with Gasteiger partial charge >= 0.3 is 0 Å². The van der Waals surface area contributed by atoms with E-state index in [2.05, 4.69) is 12.2 Å². The van der Waals surface area contributed by atoms with E-state index >= 15 is 0 Å². The molecule has 234 valence electrons. The third-order valence-electron chi connectivity index (χ3n) is 7.91. The van der Waals surface area contributed by atoms with Crippen molar-refractivity contribution in [3.05, 3.63) is 0 Å². The molecule has 0 saturated carbocycles. The fourth-order valence-electron chi connectivity index (χ4n) is 5.39. The minimum absolute atomic E-state index is 0.0252. The summed E-state index contributed by atoms with van der Waals surface area (Å²) in [6.07, 6.45) is 31.6. The average molecular weight is 558 g/mol. The van der Waals surface area contributed by atoms with Gasteiger partial charge in [0.15, 0.2) is 0 Å². The second kappa shape index (κ2) is 28.8. The van der Waals surface area contributed by atoms with Crippen LogP contribution in [0.2, 0.25) is 0 Å². The Morgan fingerprint density at radius 2 is 0.949 bits per heavy atom. The van der Waals surface area contributed by atoms with Crippen LogP contribution in [0.4, 0.5) is 0 Å². The molecule has 6 nitrogen and oxygen atoms in total. The average Bonchev–Trinajstić information content (AvgIpc) is 2.89. The van der Waals surface area contributed by atoms with Crippen molar-refractivity contribution in [2.24, 2.45) is 0 Å². The third kappa shape index (κ3) is 31.7. The largest absolute Gasteiger partial charge is 0.396 e. The van der Waals surface area contributed by atoms with Crippen molar-refractivity contribution >= 4 is 5.91 Å². The van der Waals surface area contributed by atoms with Crippen molar-refractivity contribution in [1.29, 1.82) is 0 Å². The van der Waals surface area contributed by atoms with E-state index in [0.717, 1.165) is 38.5 Å². The Kier molecular flexibility index (Phi) is 28.3. The molecule has 0 aliphatic heterocycles. The summed E-state index contributed by atoms with van der Waals surface area (Å²) in [5.74, 6) is -2.35. The molecule has 0 rings (SSSR count). The van der Waals surface area contributed by atoms with Gasteiger partial charge in [-0.05, 0) is 25.7 Å². The Hall–Kier alpha value is -0.690. The van der Waals surface area contributed by atoms with E-state index in [1.54, 1.807) is 0 Å². The fourth-order valence-corrected chi connectivity index (χ4v) is 5.39. The maximum atomic E-state index is 12.4. The summed E-state index contributed by atoms with van der Waals surface area (Å²) < 4.78 is 0. The zero-order valence-electron chi connectivity index (χ0n) is 25.8. The van der Waals surface area contributed by atoms with Gasteiger partial charge in [-0.2, -0.15) is 0 Å². The van der Waals surface area contributed by atoms with Gasteiger partial charge in [-0.25, -0.2) is 0 Å². The predicted molar refractivity (Wildman–Crippen MR) is 163 cm³/mol. The summed E-state index contributed by atoms with van der Waals surface area (Å²) in [7, 11) is 0. The highest BCUT2D eigenvalue weighted by Crippen LogP contribution is 2.16. The molecule has 0 spiro atoms. The van der Waals surface area contributed by atoms with Crippen LogP contribution in [0.1, 0.15) is 187 Å². The van der Waals surface area contributed by atoms with Gasteiger partial charge in [-0.1, -0.05) is 148 Å². The summed E-state index contributed by atoms with van der Waals surface area (Å²) >= 11 is 0. The Morgan fingerprint density at radius 1 is 0.564 bits per heavy atom. The number of hydrogen-bond acceptors (Lipinski definition) is 5. The Labute approximate surface area is 241 Å². The van der Waals surface area contributed by atoms with E-state index in [1.807, 2.05) is 0 Å². The predicted octanol–water partition coefficient (Wildman–Crippen LogP) is 8.04. The van der Waals surface area contributed by atoms with Gasteiger partial charge in [-0.15, -0.1) is 0 Å². The molecule has 0 aliphatic rings. The molecule has 39 heavy (non-hydrogen) atoms. The van der Waals surface area contributed by atoms with Crippen molar-refractivity contribution in [3.8, 4) is 0 Å².